The van der Waals surface area contributed by atoms with Gasteiger partial charge in [0.1, 0.15) is 16.7 Å². The highest BCUT2D eigenvalue weighted by Gasteiger charge is 2.18. The van der Waals surface area contributed by atoms with Gasteiger partial charge in [-0.1, -0.05) is 23.2 Å². The van der Waals surface area contributed by atoms with E-state index in [1.807, 2.05) is 4.57 Å². The molecule has 1 aliphatic heterocycles. The van der Waals surface area contributed by atoms with Crippen molar-refractivity contribution in [3.05, 3.63) is 39.7 Å². The summed E-state index contributed by atoms with van der Waals surface area (Å²) in [6, 6.07) is 3.08. The van der Waals surface area contributed by atoms with Crippen molar-refractivity contribution < 1.29 is 4.79 Å². The average Bonchev–Trinajstić information content (AvgIpc) is 3.02. The first-order valence-corrected chi connectivity index (χ1v) is 6.92. The number of carbonyl (C=O) groups excluding carboxylic acids is 1. The van der Waals surface area contributed by atoms with Gasteiger partial charge >= 0.3 is 0 Å². The minimum atomic E-state index is -0.382. The van der Waals surface area contributed by atoms with Gasteiger partial charge in [-0.05, 0) is 18.6 Å². The molecule has 1 amide bonds. The highest BCUT2D eigenvalue weighted by Crippen LogP contribution is 2.17. The van der Waals surface area contributed by atoms with Crippen LogP contribution in [-0.2, 0) is 19.5 Å². The fourth-order valence-corrected chi connectivity index (χ4v) is 2.50. The van der Waals surface area contributed by atoms with Crippen LogP contribution in [0.1, 0.15) is 28.6 Å². The van der Waals surface area contributed by atoms with E-state index in [1.165, 1.54) is 6.07 Å². The molecule has 0 saturated heterocycles. The molecular weight excluding hydrogens is 301 g/mol. The third-order valence-electron chi connectivity index (χ3n) is 3.12. The molecule has 2 aromatic rings. The molecule has 0 unspecified atom stereocenters. The Bertz CT molecular complexity index is 670. The maximum atomic E-state index is 12.0. The summed E-state index contributed by atoms with van der Waals surface area (Å²) in [5.74, 6) is 1.32. The second-order valence-corrected chi connectivity index (χ2v) is 5.23. The Morgan fingerprint density at radius 3 is 3.05 bits per heavy atom. The Balaban J connectivity index is 1.72. The molecule has 20 heavy (non-hydrogen) atoms. The van der Waals surface area contributed by atoms with Gasteiger partial charge in [0.05, 0.1) is 11.6 Å². The molecule has 0 spiro atoms. The highest BCUT2D eigenvalue weighted by molar-refractivity contribution is 6.34. The Morgan fingerprint density at radius 1 is 1.35 bits per heavy atom. The fourth-order valence-electron chi connectivity index (χ4n) is 2.16. The van der Waals surface area contributed by atoms with Gasteiger partial charge in [0.15, 0.2) is 5.82 Å². The van der Waals surface area contributed by atoms with Gasteiger partial charge < -0.3 is 9.88 Å². The second kappa shape index (κ2) is 5.38. The molecule has 8 heteroatoms. The third kappa shape index (κ3) is 2.48. The lowest BCUT2D eigenvalue weighted by Crippen LogP contribution is -2.26. The van der Waals surface area contributed by atoms with E-state index in [2.05, 4.69) is 20.5 Å². The zero-order chi connectivity index (χ0) is 14.1. The van der Waals surface area contributed by atoms with Gasteiger partial charge in [0.2, 0.25) is 0 Å². The highest BCUT2D eigenvalue weighted by atomic mass is 35.5. The molecule has 3 rings (SSSR count). The van der Waals surface area contributed by atoms with E-state index in [0.29, 0.717) is 0 Å². The molecule has 0 aliphatic carbocycles. The zero-order valence-corrected chi connectivity index (χ0v) is 11.9. The molecule has 0 atom stereocenters. The number of pyridine rings is 1. The van der Waals surface area contributed by atoms with Crippen LogP contribution in [0.15, 0.2) is 12.1 Å². The number of hydrogen-bond acceptors (Lipinski definition) is 4. The smallest absolute Gasteiger partial charge is 0.271 e. The van der Waals surface area contributed by atoms with E-state index in [-0.39, 0.29) is 28.3 Å². The van der Waals surface area contributed by atoms with Crippen LogP contribution < -0.4 is 5.32 Å². The number of aromatic nitrogens is 4. The Hall–Kier alpha value is -1.66. The van der Waals surface area contributed by atoms with Gasteiger partial charge in [0.25, 0.3) is 5.91 Å². The predicted molar refractivity (Wildman–Crippen MR) is 73.8 cm³/mol. The number of fused-ring (bicyclic) bond motifs is 1. The summed E-state index contributed by atoms with van der Waals surface area (Å²) in [6.07, 6.45) is 2.00. The van der Waals surface area contributed by atoms with Crippen molar-refractivity contribution >= 4 is 29.1 Å². The van der Waals surface area contributed by atoms with Crippen molar-refractivity contribution in [3.63, 3.8) is 0 Å². The molecule has 3 heterocycles. The summed E-state index contributed by atoms with van der Waals surface area (Å²) < 4.78 is 2.02. The van der Waals surface area contributed by atoms with Gasteiger partial charge in [0, 0.05) is 13.0 Å². The van der Waals surface area contributed by atoms with Crippen molar-refractivity contribution in [3.8, 4) is 0 Å². The molecule has 1 aliphatic rings. The molecule has 2 aromatic heterocycles. The molecule has 0 aromatic carbocycles. The van der Waals surface area contributed by atoms with E-state index < -0.39 is 0 Å². The second-order valence-electron chi connectivity index (χ2n) is 4.43. The van der Waals surface area contributed by atoms with Crippen molar-refractivity contribution in [2.45, 2.75) is 25.9 Å². The first-order valence-electron chi connectivity index (χ1n) is 6.16. The first kappa shape index (κ1) is 13.3. The normalized spacial score (nSPS) is 13.3. The Kier molecular flexibility index (Phi) is 3.58. The molecule has 1 N–H and O–H groups in total. The zero-order valence-electron chi connectivity index (χ0n) is 10.4. The summed E-state index contributed by atoms with van der Waals surface area (Å²) in [5, 5.41) is 11.4. The quantitative estimate of drug-likeness (QED) is 0.878. The van der Waals surface area contributed by atoms with E-state index in [1.54, 1.807) is 6.07 Å². The molecule has 6 nitrogen and oxygen atoms in total. The SMILES string of the molecule is O=C(NCc1nnc2n1CCC2)c1nc(Cl)ccc1Cl. The van der Waals surface area contributed by atoms with Crippen LogP contribution in [0.4, 0.5) is 0 Å². The van der Waals surface area contributed by atoms with Gasteiger partial charge in [-0.15, -0.1) is 10.2 Å². The number of halogens is 2. The largest absolute Gasteiger partial charge is 0.343 e. The third-order valence-corrected chi connectivity index (χ3v) is 3.64. The lowest BCUT2D eigenvalue weighted by Gasteiger charge is -2.06. The van der Waals surface area contributed by atoms with Crippen molar-refractivity contribution in [1.29, 1.82) is 0 Å². The van der Waals surface area contributed by atoms with E-state index >= 15 is 0 Å². The van der Waals surface area contributed by atoms with E-state index in [0.717, 1.165) is 31.0 Å². The standard InChI is InChI=1S/C12H11Cl2N5O/c13-7-3-4-8(14)16-11(7)12(20)15-6-10-18-17-9-2-1-5-19(9)10/h3-4H,1-2,5-6H2,(H,15,20). The van der Waals surface area contributed by atoms with Crippen LogP contribution in [-0.4, -0.2) is 25.7 Å². The summed E-state index contributed by atoms with van der Waals surface area (Å²) in [4.78, 5) is 16.0. The maximum absolute atomic E-state index is 12.0. The number of rotatable bonds is 3. The number of hydrogen-bond donors (Lipinski definition) is 1. The summed E-state index contributed by atoms with van der Waals surface area (Å²) in [7, 11) is 0. The van der Waals surface area contributed by atoms with Crippen molar-refractivity contribution in [1.82, 2.24) is 25.1 Å². The lowest BCUT2D eigenvalue weighted by atomic mass is 10.3. The molecule has 0 bridgehead atoms. The van der Waals surface area contributed by atoms with Gasteiger partial charge in [-0.25, -0.2) is 4.98 Å². The Morgan fingerprint density at radius 2 is 2.20 bits per heavy atom. The lowest BCUT2D eigenvalue weighted by molar-refractivity contribution is 0.0944. The molecule has 0 saturated carbocycles. The molecule has 0 radical (unpaired) electrons. The molecular formula is C12H11Cl2N5O. The molecule has 0 fully saturated rings. The number of aryl methyl sites for hydroxylation is 1. The van der Waals surface area contributed by atoms with Crippen LogP contribution in [0.25, 0.3) is 0 Å². The van der Waals surface area contributed by atoms with E-state index in [9.17, 15) is 4.79 Å². The Labute approximate surface area is 125 Å². The van der Waals surface area contributed by atoms with Crippen molar-refractivity contribution in [2.75, 3.05) is 0 Å². The predicted octanol–water partition coefficient (Wildman–Crippen LogP) is 1.86. The van der Waals surface area contributed by atoms with Crippen LogP contribution in [0, 0.1) is 0 Å². The molecule has 104 valence electrons. The minimum absolute atomic E-state index is 0.111. The fraction of sp³-hybridized carbons (Fsp3) is 0.333. The average molecular weight is 312 g/mol. The summed E-state index contributed by atoms with van der Waals surface area (Å²) in [6.45, 7) is 1.18. The van der Waals surface area contributed by atoms with Crippen LogP contribution in [0.2, 0.25) is 10.2 Å². The van der Waals surface area contributed by atoms with Crippen LogP contribution in [0.3, 0.4) is 0 Å². The van der Waals surface area contributed by atoms with Gasteiger partial charge in [-0.2, -0.15) is 0 Å². The number of nitrogens with zero attached hydrogens (tertiary/aromatic N) is 4. The number of carbonyl (C=O) groups is 1. The van der Waals surface area contributed by atoms with Crippen LogP contribution >= 0.6 is 23.2 Å². The van der Waals surface area contributed by atoms with Crippen LogP contribution in [0.5, 0.6) is 0 Å². The monoisotopic (exact) mass is 311 g/mol. The number of amides is 1. The first-order chi connectivity index (χ1) is 9.65. The minimum Gasteiger partial charge on any atom is -0.343 e. The maximum Gasteiger partial charge on any atom is 0.271 e. The summed E-state index contributed by atoms with van der Waals surface area (Å²) in [5.41, 5.74) is 0.111. The summed E-state index contributed by atoms with van der Waals surface area (Å²) >= 11 is 11.7. The van der Waals surface area contributed by atoms with Gasteiger partial charge in [-0.3, -0.25) is 4.79 Å². The topological polar surface area (TPSA) is 72.7 Å². The van der Waals surface area contributed by atoms with Crippen molar-refractivity contribution in [2.24, 2.45) is 0 Å². The number of nitrogens with one attached hydrogen (secondary N) is 1. The van der Waals surface area contributed by atoms with E-state index in [4.69, 9.17) is 23.2 Å².